The third-order valence-electron chi connectivity index (χ3n) is 4.44. The van der Waals surface area contributed by atoms with Gasteiger partial charge in [-0.15, -0.1) is 0 Å². The lowest BCUT2D eigenvalue weighted by Crippen LogP contribution is -2.72. The van der Waals surface area contributed by atoms with Crippen LogP contribution in [0, 0.1) is 0 Å². The largest absolute Gasteiger partial charge is 0.478 e. The normalized spacial score (nSPS) is 15.1. The highest BCUT2D eigenvalue weighted by atomic mass is 19.4. The van der Waals surface area contributed by atoms with E-state index in [2.05, 4.69) is 4.74 Å². The van der Waals surface area contributed by atoms with E-state index in [1.807, 2.05) is 0 Å². The minimum Gasteiger partial charge on any atom is -0.478 e. The van der Waals surface area contributed by atoms with Crippen molar-refractivity contribution in [3.63, 3.8) is 0 Å². The number of rotatable bonds is 10. The molecule has 1 rings (SSSR count). The third kappa shape index (κ3) is 4.99. The van der Waals surface area contributed by atoms with Gasteiger partial charge in [0.2, 0.25) is 5.83 Å². The van der Waals surface area contributed by atoms with Crippen molar-refractivity contribution in [1.29, 1.82) is 0 Å². The molecule has 0 bridgehead atoms. The first-order chi connectivity index (χ1) is 17.0. The van der Waals surface area contributed by atoms with Gasteiger partial charge in [-0.05, 0) is 18.2 Å². The van der Waals surface area contributed by atoms with Crippen LogP contribution in [-0.2, 0) is 0 Å². The van der Waals surface area contributed by atoms with E-state index in [0.29, 0.717) is 0 Å². The Labute approximate surface area is 201 Å². The number of carboxylic acid groups (broad SMARTS) is 2. The summed E-state index contributed by atoms with van der Waals surface area (Å²) in [5, 5.41) is 17.5. The Morgan fingerprint density at radius 1 is 0.590 bits per heavy atom. The lowest BCUT2D eigenvalue weighted by Gasteiger charge is -2.41. The fourth-order valence-corrected chi connectivity index (χ4v) is 2.33. The van der Waals surface area contributed by atoms with E-state index >= 15 is 0 Å². The Hall–Kier alpha value is -3.49. The molecule has 0 unspecified atom stereocenters. The monoisotopic (exact) mass is 612 g/mol. The van der Waals surface area contributed by atoms with Crippen LogP contribution in [0.4, 0.5) is 74.6 Å². The van der Waals surface area contributed by atoms with Gasteiger partial charge in [-0.1, -0.05) is 0 Å². The van der Waals surface area contributed by atoms with E-state index in [1.165, 1.54) is 0 Å². The summed E-state index contributed by atoms with van der Waals surface area (Å²) in [6.45, 7) is 0. The van der Waals surface area contributed by atoms with Crippen LogP contribution < -0.4 is 4.74 Å². The second-order valence-electron chi connectivity index (χ2n) is 6.95. The number of benzene rings is 1. The van der Waals surface area contributed by atoms with Gasteiger partial charge in [0.15, 0.2) is 0 Å². The van der Waals surface area contributed by atoms with Gasteiger partial charge in [-0.2, -0.15) is 74.6 Å². The predicted molar refractivity (Wildman–Crippen MR) is 86.0 cm³/mol. The molecular weight excluding hydrogens is 607 g/mol. The van der Waals surface area contributed by atoms with Crippen LogP contribution in [0.1, 0.15) is 20.7 Å². The van der Waals surface area contributed by atoms with Crippen LogP contribution >= 0.6 is 0 Å². The van der Waals surface area contributed by atoms with Crippen molar-refractivity contribution in [2.45, 2.75) is 41.7 Å². The van der Waals surface area contributed by atoms with Crippen molar-refractivity contribution in [2.24, 2.45) is 0 Å². The maximum absolute atomic E-state index is 13.7. The summed E-state index contributed by atoms with van der Waals surface area (Å²) in [6, 6.07) is -3.62. The highest BCUT2D eigenvalue weighted by Gasteiger charge is 2.93. The van der Waals surface area contributed by atoms with Crippen LogP contribution in [-0.4, -0.2) is 63.9 Å². The van der Waals surface area contributed by atoms with Crippen molar-refractivity contribution in [3.05, 3.63) is 41.2 Å². The Bertz CT molecular complexity index is 1170. The zero-order chi connectivity index (χ0) is 31.4. The van der Waals surface area contributed by atoms with Gasteiger partial charge in [0.25, 0.3) is 0 Å². The minimum atomic E-state index is -8.74. The van der Waals surface area contributed by atoms with Crippen LogP contribution in [0.3, 0.4) is 0 Å². The molecule has 222 valence electrons. The first kappa shape index (κ1) is 33.5. The minimum absolute atomic E-state index is 0.113. The topological polar surface area (TPSA) is 83.8 Å². The molecule has 39 heavy (non-hydrogen) atoms. The molecule has 0 fully saturated rings. The van der Waals surface area contributed by atoms with Gasteiger partial charge in [0.1, 0.15) is 5.75 Å². The highest BCUT2D eigenvalue weighted by molar-refractivity contribution is 6.02. The smallest absolute Gasteiger partial charge is 0.460 e. The van der Waals surface area contributed by atoms with Crippen molar-refractivity contribution >= 4 is 11.9 Å². The number of aromatic carboxylic acids is 2. The van der Waals surface area contributed by atoms with Gasteiger partial charge in [-0.3, -0.25) is 0 Å². The summed E-state index contributed by atoms with van der Waals surface area (Å²) < 4.78 is 228. The maximum atomic E-state index is 13.7. The Kier molecular flexibility index (Phi) is 8.26. The van der Waals surface area contributed by atoms with Gasteiger partial charge in [-0.25, -0.2) is 9.59 Å². The van der Waals surface area contributed by atoms with E-state index in [1.54, 1.807) is 0 Å². The lowest BCUT2D eigenvalue weighted by molar-refractivity contribution is -0.451. The average Bonchev–Trinajstić information content (AvgIpc) is 2.76. The SMILES string of the molecule is O=C(O)c1ccc(OC(F)=C(F)C(F)(F)C(F)(F)C(F)(F)C(F)(F)C(F)(F)C(F)(F)C(F)(F)F)cc1C(=O)O. The van der Waals surface area contributed by atoms with Crippen molar-refractivity contribution in [3.8, 4) is 5.75 Å². The second kappa shape index (κ2) is 9.61. The summed E-state index contributed by atoms with van der Waals surface area (Å²) >= 11 is 0. The molecule has 0 aliphatic rings. The molecule has 0 amide bonds. The molecule has 0 aliphatic heterocycles. The molecule has 0 atom stereocenters. The molecule has 0 saturated carbocycles. The molecule has 5 nitrogen and oxygen atoms in total. The Morgan fingerprint density at radius 2 is 0.974 bits per heavy atom. The van der Waals surface area contributed by atoms with E-state index in [9.17, 15) is 84.2 Å². The first-order valence-corrected chi connectivity index (χ1v) is 8.71. The summed E-state index contributed by atoms with van der Waals surface area (Å²) in [5.41, 5.74) is -2.53. The van der Waals surface area contributed by atoms with Crippen molar-refractivity contribution in [1.82, 2.24) is 0 Å². The predicted octanol–water partition coefficient (Wildman–Crippen LogP) is 6.94. The summed E-state index contributed by atoms with van der Waals surface area (Å²) in [7, 11) is 0. The standard InChI is InChI=1S/C17H5F17O5/c18-7(8(19)39-4-1-2-5(9(35)36)6(3-4)10(37)38)11(20,21)12(22,23)13(24,25)14(26,27)15(28,29)16(30,31)17(32,33)34/h1-3H,(H,35,36)(H,37,38). The number of ether oxygens (including phenoxy) is 1. The molecular formula is C17H5F17O5. The Morgan fingerprint density at radius 3 is 1.36 bits per heavy atom. The van der Waals surface area contributed by atoms with E-state index in [0.717, 1.165) is 0 Å². The fraction of sp³-hybridized carbons (Fsp3) is 0.412. The van der Waals surface area contributed by atoms with Crippen LogP contribution in [0.15, 0.2) is 30.0 Å². The number of hydrogen-bond acceptors (Lipinski definition) is 3. The van der Waals surface area contributed by atoms with Gasteiger partial charge >= 0.3 is 59.7 Å². The molecule has 0 heterocycles. The van der Waals surface area contributed by atoms with Crippen LogP contribution in [0.25, 0.3) is 0 Å². The summed E-state index contributed by atoms with van der Waals surface area (Å²) in [6.07, 6.45) is -7.86. The third-order valence-corrected chi connectivity index (χ3v) is 4.44. The van der Waals surface area contributed by atoms with Crippen LogP contribution in [0.5, 0.6) is 5.75 Å². The van der Waals surface area contributed by atoms with E-state index < -0.39 is 82.4 Å². The van der Waals surface area contributed by atoms with E-state index in [-0.39, 0.29) is 18.2 Å². The van der Waals surface area contributed by atoms with Gasteiger partial charge in [0.05, 0.1) is 11.1 Å². The number of alkyl halides is 15. The number of hydrogen-bond donors (Lipinski definition) is 2. The fourth-order valence-electron chi connectivity index (χ4n) is 2.33. The Balaban J connectivity index is 3.64. The number of allylic oxidation sites excluding steroid dienone is 1. The summed E-state index contributed by atoms with van der Waals surface area (Å²) in [4.78, 5) is 21.8. The molecule has 1 aromatic carbocycles. The molecule has 22 heteroatoms. The zero-order valence-electron chi connectivity index (χ0n) is 17.3. The maximum Gasteiger partial charge on any atom is 0.460 e. The molecule has 0 saturated heterocycles. The molecule has 0 spiro atoms. The van der Waals surface area contributed by atoms with E-state index in [4.69, 9.17) is 10.2 Å². The number of halogens is 17. The first-order valence-electron chi connectivity index (χ1n) is 8.71. The van der Waals surface area contributed by atoms with Crippen LogP contribution in [0.2, 0.25) is 0 Å². The second-order valence-corrected chi connectivity index (χ2v) is 6.95. The number of carbonyl (C=O) groups is 2. The molecule has 0 radical (unpaired) electrons. The molecule has 0 aliphatic carbocycles. The zero-order valence-corrected chi connectivity index (χ0v) is 17.3. The lowest BCUT2D eigenvalue weighted by atomic mass is 9.91. The van der Waals surface area contributed by atoms with Gasteiger partial charge in [0, 0.05) is 0 Å². The number of carboxylic acids is 2. The molecule has 2 N–H and O–H groups in total. The summed E-state index contributed by atoms with van der Waals surface area (Å²) in [5.74, 6) is -60.9. The van der Waals surface area contributed by atoms with Crippen molar-refractivity contribution in [2.75, 3.05) is 0 Å². The van der Waals surface area contributed by atoms with Gasteiger partial charge < -0.3 is 14.9 Å². The average molecular weight is 612 g/mol. The van der Waals surface area contributed by atoms with Crippen molar-refractivity contribution < 1.29 is 99.2 Å². The quantitative estimate of drug-likeness (QED) is 0.221. The highest BCUT2D eigenvalue weighted by Crippen LogP contribution is 2.63. The molecule has 0 aromatic heterocycles. The molecule has 1 aromatic rings.